The van der Waals surface area contributed by atoms with Gasteiger partial charge in [-0.15, -0.1) is 0 Å². The summed E-state index contributed by atoms with van der Waals surface area (Å²) in [6.07, 6.45) is 3.86. The van der Waals surface area contributed by atoms with E-state index in [2.05, 4.69) is 25.9 Å². The molecule has 2 amide bonds. The van der Waals surface area contributed by atoms with Gasteiger partial charge in [0.15, 0.2) is 23.0 Å². The first kappa shape index (κ1) is 29.9. The molecule has 0 radical (unpaired) electrons. The van der Waals surface area contributed by atoms with Crippen LogP contribution in [0.15, 0.2) is 61.1 Å². The molecule has 0 aliphatic carbocycles. The standard InChI is InChI=1S/C30H33F2N7O4/c1-3-20(30(42)38-13-11-33-19(16-38)17-40)26(37-29(41)18-7-5-4-6-8-18)36-27-28-35-15-22(39(28)14-12-34-27)21-9-10-23(43-2)25(32)24(21)31/h4-10,12,14-15,19-20,26,33,40H,3,11,13,16-17H2,1-2H3,(H,34,36)(H,37,41)/t19-,20?,26?/m0/s1. The lowest BCUT2D eigenvalue weighted by Crippen LogP contribution is -2.58. The molecule has 0 spiro atoms. The fourth-order valence-electron chi connectivity index (χ4n) is 5.24. The molecule has 5 rings (SSSR count). The molecular weight excluding hydrogens is 560 g/mol. The molecule has 3 heterocycles. The van der Waals surface area contributed by atoms with Gasteiger partial charge in [0, 0.05) is 49.2 Å². The molecule has 43 heavy (non-hydrogen) atoms. The number of carbonyl (C=O) groups excluding carboxylic acids is 2. The van der Waals surface area contributed by atoms with Gasteiger partial charge in [0.05, 0.1) is 31.5 Å². The molecule has 3 atom stereocenters. The number of piperazine rings is 1. The molecule has 13 heteroatoms. The van der Waals surface area contributed by atoms with Crippen LogP contribution in [0.1, 0.15) is 23.7 Å². The van der Waals surface area contributed by atoms with Crippen molar-refractivity contribution in [3.63, 3.8) is 0 Å². The predicted molar refractivity (Wildman–Crippen MR) is 155 cm³/mol. The molecule has 2 aromatic carbocycles. The van der Waals surface area contributed by atoms with Crippen molar-refractivity contribution in [2.24, 2.45) is 5.92 Å². The number of aliphatic hydroxyl groups excluding tert-OH is 1. The van der Waals surface area contributed by atoms with E-state index in [1.807, 2.05) is 6.92 Å². The Labute approximate surface area is 246 Å². The zero-order chi connectivity index (χ0) is 30.5. The van der Waals surface area contributed by atoms with Gasteiger partial charge in [-0.3, -0.25) is 14.0 Å². The Bertz CT molecular complexity index is 1600. The summed E-state index contributed by atoms with van der Waals surface area (Å²) in [4.78, 5) is 37.6. The Morgan fingerprint density at radius 3 is 2.67 bits per heavy atom. The number of aromatic nitrogens is 3. The van der Waals surface area contributed by atoms with Gasteiger partial charge < -0.3 is 30.7 Å². The van der Waals surface area contributed by atoms with Crippen molar-refractivity contribution >= 4 is 23.3 Å². The number of fused-ring (bicyclic) bond motifs is 1. The summed E-state index contributed by atoms with van der Waals surface area (Å²) in [6, 6.07) is 11.1. The number of hydrogen-bond acceptors (Lipinski definition) is 8. The molecule has 0 saturated carbocycles. The smallest absolute Gasteiger partial charge is 0.252 e. The number of hydrogen-bond donors (Lipinski definition) is 4. The van der Waals surface area contributed by atoms with E-state index in [1.54, 1.807) is 45.8 Å². The van der Waals surface area contributed by atoms with E-state index in [1.165, 1.54) is 31.6 Å². The second-order valence-corrected chi connectivity index (χ2v) is 10.2. The molecule has 1 fully saturated rings. The second kappa shape index (κ2) is 13.1. The third kappa shape index (κ3) is 6.13. The molecule has 226 valence electrons. The zero-order valence-corrected chi connectivity index (χ0v) is 23.8. The van der Waals surface area contributed by atoms with Gasteiger partial charge in [-0.05, 0) is 30.7 Å². The van der Waals surface area contributed by atoms with Crippen LogP contribution in [0.3, 0.4) is 0 Å². The van der Waals surface area contributed by atoms with E-state index in [9.17, 15) is 23.5 Å². The van der Waals surface area contributed by atoms with Crippen LogP contribution in [-0.4, -0.2) is 81.7 Å². The Kier molecular flexibility index (Phi) is 9.12. The van der Waals surface area contributed by atoms with Gasteiger partial charge in [0.1, 0.15) is 6.17 Å². The maximum atomic E-state index is 15.0. The molecule has 4 aromatic rings. The minimum Gasteiger partial charge on any atom is -0.494 e. The summed E-state index contributed by atoms with van der Waals surface area (Å²) in [7, 11) is 1.25. The number of nitrogens with zero attached hydrogens (tertiary/aromatic N) is 4. The monoisotopic (exact) mass is 593 g/mol. The highest BCUT2D eigenvalue weighted by Gasteiger charge is 2.34. The van der Waals surface area contributed by atoms with Crippen molar-refractivity contribution in [1.82, 2.24) is 29.9 Å². The maximum absolute atomic E-state index is 15.0. The van der Waals surface area contributed by atoms with Gasteiger partial charge in [0.2, 0.25) is 11.7 Å². The summed E-state index contributed by atoms with van der Waals surface area (Å²) in [6.45, 7) is 3.04. The van der Waals surface area contributed by atoms with Crippen LogP contribution < -0.4 is 20.7 Å². The number of halogens is 2. The van der Waals surface area contributed by atoms with E-state index in [0.717, 1.165) is 0 Å². The SMILES string of the molecule is CCC(C(=O)N1CCN[C@H](CO)C1)C(NC(=O)c1ccccc1)Nc1nccn2c(-c3ccc(OC)c(F)c3F)cnc12. The fraction of sp³-hybridized carbons (Fsp3) is 0.333. The number of anilines is 1. The Hall–Kier alpha value is -4.62. The van der Waals surface area contributed by atoms with Gasteiger partial charge in [-0.2, -0.15) is 4.39 Å². The van der Waals surface area contributed by atoms with E-state index in [-0.39, 0.29) is 47.0 Å². The molecule has 0 bridgehead atoms. The van der Waals surface area contributed by atoms with E-state index < -0.39 is 29.6 Å². The highest BCUT2D eigenvalue weighted by Crippen LogP contribution is 2.31. The zero-order valence-electron chi connectivity index (χ0n) is 23.8. The van der Waals surface area contributed by atoms with Crippen molar-refractivity contribution in [2.45, 2.75) is 25.6 Å². The third-order valence-corrected chi connectivity index (χ3v) is 7.53. The van der Waals surface area contributed by atoms with Crippen LogP contribution in [0.2, 0.25) is 0 Å². The number of carbonyl (C=O) groups is 2. The van der Waals surface area contributed by atoms with Crippen molar-refractivity contribution in [2.75, 3.05) is 38.7 Å². The van der Waals surface area contributed by atoms with E-state index in [0.29, 0.717) is 31.6 Å². The van der Waals surface area contributed by atoms with Crippen molar-refractivity contribution in [1.29, 1.82) is 0 Å². The van der Waals surface area contributed by atoms with Gasteiger partial charge in [0.25, 0.3) is 5.91 Å². The van der Waals surface area contributed by atoms with Crippen molar-refractivity contribution in [3.8, 4) is 17.0 Å². The number of amides is 2. The number of methoxy groups -OCH3 is 1. The molecule has 1 saturated heterocycles. The minimum absolute atomic E-state index is 0.0318. The lowest BCUT2D eigenvalue weighted by atomic mass is 9.99. The molecule has 1 aliphatic heterocycles. The quantitative estimate of drug-likeness (QED) is 0.206. The second-order valence-electron chi connectivity index (χ2n) is 10.2. The molecule has 1 aliphatic rings. The summed E-state index contributed by atoms with van der Waals surface area (Å²) in [5.74, 6) is -3.51. The number of nitrogens with one attached hydrogen (secondary N) is 3. The third-order valence-electron chi connectivity index (χ3n) is 7.53. The molecular formula is C30H33F2N7O4. The number of rotatable bonds is 10. The van der Waals surface area contributed by atoms with Crippen LogP contribution in [-0.2, 0) is 4.79 Å². The lowest BCUT2D eigenvalue weighted by molar-refractivity contribution is -0.137. The Morgan fingerprint density at radius 1 is 1.16 bits per heavy atom. The first-order chi connectivity index (χ1) is 20.9. The average Bonchev–Trinajstić information content (AvgIpc) is 3.48. The highest BCUT2D eigenvalue weighted by molar-refractivity contribution is 5.95. The van der Waals surface area contributed by atoms with Crippen molar-refractivity contribution in [3.05, 3.63) is 78.3 Å². The summed E-state index contributed by atoms with van der Waals surface area (Å²) >= 11 is 0. The molecule has 4 N–H and O–H groups in total. The van der Waals surface area contributed by atoms with Gasteiger partial charge in [-0.25, -0.2) is 14.4 Å². The minimum atomic E-state index is -1.12. The van der Waals surface area contributed by atoms with E-state index in [4.69, 9.17) is 4.74 Å². The summed E-state index contributed by atoms with van der Waals surface area (Å²) < 4.78 is 35.9. The first-order valence-corrected chi connectivity index (χ1v) is 14.0. The van der Waals surface area contributed by atoms with Crippen LogP contribution >= 0.6 is 0 Å². The summed E-state index contributed by atoms with van der Waals surface area (Å²) in [5.41, 5.74) is 0.918. The predicted octanol–water partition coefficient (Wildman–Crippen LogP) is 2.67. The van der Waals surface area contributed by atoms with Crippen LogP contribution in [0.25, 0.3) is 16.9 Å². The topological polar surface area (TPSA) is 133 Å². The van der Waals surface area contributed by atoms with Gasteiger partial charge >= 0.3 is 0 Å². The number of aliphatic hydroxyl groups is 1. The van der Waals surface area contributed by atoms with Crippen molar-refractivity contribution < 1.29 is 28.2 Å². The van der Waals surface area contributed by atoms with Gasteiger partial charge in [-0.1, -0.05) is 25.1 Å². The van der Waals surface area contributed by atoms with Crippen LogP contribution in [0.4, 0.5) is 14.6 Å². The fourth-order valence-corrected chi connectivity index (χ4v) is 5.24. The van der Waals surface area contributed by atoms with Crippen LogP contribution in [0.5, 0.6) is 5.75 Å². The highest BCUT2D eigenvalue weighted by atomic mass is 19.2. The largest absolute Gasteiger partial charge is 0.494 e. The Morgan fingerprint density at radius 2 is 1.95 bits per heavy atom. The molecule has 2 unspecified atom stereocenters. The average molecular weight is 594 g/mol. The molecule has 11 nitrogen and oxygen atoms in total. The van der Waals surface area contributed by atoms with E-state index >= 15 is 0 Å². The summed E-state index contributed by atoms with van der Waals surface area (Å²) in [5, 5.41) is 19.0. The maximum Gasteiger partial charge on any atom is 0.252 e. The number of benzene rings is 2. The lowest BCUT2D eigenvalue weighted by Gasteiger charge is -2.37. The number of ether oxygens (including phenoxy) is 1. The first-order valence-electron chi connectivity index (χ1n) is 14.0. The molecule has 2 aromatic heterocycles. The Balaban J connectivity index is 1.50. The number of imidazole rings is 1. The van der Waals surface area contributed by atoms with Crippen LogP contribution in [0, 0.1) is 17.6 Å². The normalized spacial score (nSPS) is 16.5.